The van der Waals surface area contributed by atoms with Crippen molar-refractivity contribution < 1.29 is 9.47 Å². The average molecular weight is 159 g/mol. The van der Waals surface area contributed by atoms with Gasteiger partial charge in [-0.25, -0.2) is 0 Å². The lowest BCUT2D eigenvalue weighted by Gasteiger charge is -2.12. The maximum Gasteiger partial charge on any atom is 0.154 e. The molecular weight excluding hydrogens is 140 g/mol. The number of hydrogen-bond donors (Lipinski definition) is 0. The van der Waals surface area contributed by atoms with Crippen LogP contribution in [0, 0.1) is 6.92 Å². The Kier molecular flexibility index (Phi) is 7.96. The summed E-state index contributed by atoms with van der Waals surface area (Å²) in [5, 5.41) is 0. The van der Waals surface area contributed by atoms with Crippen molar-refractivity contribution >= 4 is 0 Å². The third-order valence-corrected chi connectivity index (χ3v) is 1.35. The van der Waals surface area contributed by atoms with Gasteiger partial charge in [0.15, 0.2) is 6.29 Å². The number of ether oxygens (including phenoxy) is 2. The Labute approximate surface area is 69.9 Å². The molecule has 0 aromatic rings. The first-order chi connectivity index (χ1) is 5.31. The largest absolute Gasteiger partial charge is 0.353 e. The van der Waals surface area contributed by atoms with Gasteiger partial charge in [0.2, 0.25) is 0 Å². The highest BCUT2D eigenvalue weighted by Crippen LogP contribution is 1.97. The lowest BCUT2D eigenvalue weighted by molar-refractivity contribution is -0.129. The van der Waals surface area contributed by atoms with E-state index in [1.165, 1.54) is 6.42 Å². The molecule has 0 saturated heterocycles. The van der Waals surface area contributed by atoms with Gasteiger partial charge in [-0.2, -0.15) is 0 Å². The van der Waals surface area contributed by atoms with E-state index in [4.69, 9.17) is 9.47 Å². The second-order valence-corrected chi connectivity index (χ2v) is 2.52. The van der Waals surface area contributed by atoms with Crippen LogP contribution in [0.3, 0.4) is 0 Å². The molecule has 0 saturated carbocycles. The van der Waals surface area contributed by atoms with Crippen LogP contribution >= 0.6 is 0 Å². The number of unbranched alkanes of at least 4 members (excludes halogenated alkanes) is 1. The third-order valence-electron chi connectivity index (χ3n) is 1.35. The zero-order chi connectivity index (χ0) is 8.53. The zero-order valence-corrected chi connectivity index (χ0v) is 7.64. The van der Waals surface area contributed by atoms with Crippen LogP contribution in [0.25, 0.3) is 0 Å². The highest BCUT2D eigenvalue weighted by Gasteiger charge is 1.98. The average Bonchev–Trinajstić information content (AvgIpc) is 2.01. The lowest BCUT2D eigenvalue weighted by atomic mass is 10.4. The van der Waals surface area contributed by atoms with Crippen molar-refractivity contribution in [1.29, 1.82) is 0 Å². The minimum Gasteiger partial charge on any atom is -0.353 e. The van der Waals surface area contributed by atoms with Gasteiger partial charge >= 0.3 is 0 Å². The van der Waals surface area contributed by atoms with E-state index in [1.807, 2.05) is 6.92 Å². The molecule has 1 radical (unpaired) electrons. The van der Waals surface area contributed by atoms with Crippen LogP contribution in [0.5, 0.6) is 0 Å². The predicted molar refractivity (Wildman–Crippen MR) is 46.2 cm³/mol. The molecular formula is C9H19O2. The van der Waals surface area contributed by atoms with E-state index in [0.717, 1.165) is 19.4 Å². The van der Waals surface area contributed by atoms with Crippen molar-refractivity contribution in [3.63, 3.8) is 0 Å². The molecule has 0 aromatic heterocycles. The Hall–Kier alpha value is -0.0800. The Balaban J connectivity index is 3.02. The highest BCUT2D eigenvalue weighted by molar-refractivity contribution is 4.38. The van der Waals surface area contributed by atoms with Gasteiger partial charge < -0.3 is 9.47 Å². The van der Waals surface area contributed by atoms with Crippen molar-refractivity contribution in [3.05, 3.63) is 6.92 Å². The van der Waals surface area contributed by atoms with Gasteiger partial charge in [-0.15, -0.1) is 0 Å². The predicted octanol–water partition coefficient (Wildman–Crippen LogP) is 2.39. The minimum atomic E-state index is -0.0664. The summed E-state index contributed by atoms with van der Waals surface area (Å²) in [5.41, 5.74) is 0. The molecule has 0 N–H and O–H groups in total. The van der Waals surface area contributed by atoms with Gasteiger partial charge in [0.1, 0.15) is 0 Å². The van der Waals surface area contributed by atoms with E-state index in [-0.39, 0.29) is 6.29 Å². The van der Waals surface area contributed by atoms with E-state index < -0.39 is 0 Å². The molecule has 2 nitrogen and oxygen atoms in total. The molecule has 0 aliphatic heterocycles. The quantitative estimate of drug-likeness (QED) is 0.419. The maximum absolute atomic E-state index is 5.33. The molecule has 0 amide bonds. The number of hydrogen-bond acceptors (Lipinski definition) is 2. The first kappa shape index (κ1) is 10.9. The smallest absolute Gasteiger partial charge is 0.154 e. The molecule has 1 atom stereocenters. The Bertz CT molecular complexity index is 74.0. The maximum atomic E-state index is 5.33. The van der Waals surface area contributed by atoms with E-state index in [9.17, 15) is 0 Å². The zero-order valence-electron chi connectivity index (χ0n) is 7.64. The SMILES string of the molecule is [CH2]CCOC(C)OCCCC. The topological polar surface area (TPSA) is 18.5 Å². The van der Waals surface area contributed by atoms with E-state index in [2.05, 4.69) is 13.8 Å². The first-order valence-corrected chi connectivity index (χ1v) is 4.33. The Morgan fingerprint density at radius 2 is 1.91 bits per heavy atom. The fraction of sp³-hybridized carbons (Fsp3) is 0.889. The molecule has 1 unspecified atom stereocenters. The standard InChI is InChI=1S/C9H19O2/c1-4-6-8-11-9(3)10-7-5-2/h9H,2,4-8H2,1,3H3. The van der Waals surface area contributed by atoms with Crippen molar-refractivity contribution in [2.75, 3.05) is 13.2 Å². The fourth-order valence-corrected chi connectivity index (χ4v) is 0.691. The van der Waals surface area contributed by atoms with Crippen LogP contribution in [0.2, 0.25) is 0 Å². The second-order valence-electron chi connectivity index (χ2n) is 2.52. The van der Waals surface area contributed by atoms with E-state index in [1.54, 1.807) is 0 Å². The summed E-state index contributed by atoms with van der Waals surface area (Å²) >= 11 is 0. The van der Waals surface area contributed by atoms with Crippen LogP contribution in [0.1, 0.15) is 33.1 Å². The monoisotopic (exact) mass is 159 g/mol. The number of rotatable bonds is 7. The van der Waals surface area contributed by atoms with Crippen LogP contribution in [0.4, 0.5) is 0 Å². The van der Waals surface area contributed by atoms with E-state index in [0.29, 0.717) is 6.61 Å². The molecule has 0 aliphatic carbocycles. The Morgan fingerprint density at radius 1 is 1.27 bits per heavy atom. The van der Waals surface area contributed by atoms with Crippen LogP contribution in [0.15, 0.2) is 0 Å². The van der Waals surface area contributed by atoms with Gasteiger partial charge in [0, 0.05) is 13.2 Å². The molecule has 0 heterocycles. The molecule has 0 spiro atoms. The van der Waals surface area contributed by atoms with E-state index >= 15 is 0 Å². The summed E-state index contributed by atoms with van der Waals surface area (Å²) in [6.07, 6.45) is 3.02. The van der Waals surface area contributed by atoms with Gasteiger partial charge in [0.05, 0.1) is 0 Å². The van der Waals surface area contributed by atoms with Crippen LogP contribution < -0.4 is 0 Å². The van der Waals surface area contributed by atoms with Crippen molar-refractivity contribution in [2.45, 2.75) is 39.4 Å². The molecule has 11 heavy (non-hydrogen) atoms. The molecule has 0 rings (SSSR count). The summed E-state index contributed by atoms with van der Waals surface area (Å²) < 4.78 is 10.6. The molecule has 0 bridgehead atoms. The van der Waals surface area contributed by atoms with Crippen molar-refractivity contribution in [3.8, 4) is 0 Å². The third kappa shape index (κ3) is 7.82. The summed E-state index contributed by atoms with van der Waals surface area (Å²) in [7, 11) is 0. The first-order valence-electron chi connectivity index (χ1n) is 4.33. The minimum absolute atomic E-state index is 0.0664. The lowest BCUT2D eigenvalue weighted by Crippen LogP contribution is -2.14. The molecule has 0 aliphatic rings. The van der Waals surface area contributed by atoms with Crippen LogP contribution in [-0.2, 0) is 9.47 Å². The highest BCUT2D eigenvalue weighted by atomic mass is 16.7. The second kappa shape index (κ2) is 8.02. The summed E-state index contributed by atoms with van der Waals surface area (Å²) in [6.45, 7) is 9.23. The summed E-state index contributed by atoms with van der Waals surface area (Å²) in [5.74, 6) is 0. The van der Waals surface area contributed by atoms with Crippen LogP contribution in [-0.4, -0.2) is 19.5 Å². The molecule has 0 fully saturated rings. The molecule has 67 valence electrons. The molecule has 2 heteroatoms. The molecule has 0 aromatic carbocycles. The van der Waals surface area contributed by atoms with Gasteiger partial charge in [-0.05, 0) is 19.8 Å². The summed E-state index contributed by atoms with van der Waals surface area (Å²) in [4.78, 5) is 0. The van der Waals surface area contributed by atoms with Gasteiger partial charge in [0.25, 0.3) is 0 Å². The van der Waals surface area contributed by atoms with Gasteiger partial charge in [-0.3, -0.25) is 0 Å². The normalized spacial score (nSPS) is 13.4. The van der Waals surface area contributed by atoms with Crippen molar-refractivity contribution in [1.82, 2.24) is 0 Å². The van der Waals surface area contributed by atoms with Crippen molar-refractivity contribution in [2.24, 2.45) is 0 Å². The Morgan fingerprint density at radius 3 is 2.45 bits per heavy atom. The van der Waals surface area contributed by atoms with Gasteiger partial charge in [-0.1, -0.05) is 20.3 Å². The fourth-order valence-electron chi connectivity index (χ4n) is 0.691. The summed E-state index contributed by atoms with van der Waals surface area (Å²) in [6, 6.07) is 0.